The average Bonchev–Trinajstić information content (AvgIpc) is 3.64. The Morgan fingerprint density at radius 2 is 1.48 bits per heavy atom. The van der Waals surface area contributed by atoms with Gasteiger partial charge in [0.1, 0.15) is 36.0 Å². The molecule has 5 atom stereocenters. The lowest BCUT2D eigenvalue weighted by atomic mass is 9.80. The first kappa shape index (κ1) is 47.6. The number of nitriles is 1. The van der Waals surface area contributed by atoms with Crippen LogP contribution in [0.1, 0.15) is 89.0 Å². The number of nitrogens with zero attached hydrogens (tertiary/aromatic N) is 3. The van der Waals surface area contributed by atoms with Gasteiger partial charge in [0.25, 0.3) is 14.1 Å². The van der Waals surface area contributed by atoms with Crippen molar-refractivity contribution in [2.45, 2.75) is 96.6 Å². The lowest BCUT2D eigenvalue weighted by Crippen LogP contribution is -2.39. The summed E-state index contributed by atoms with van der Waals surface area (Å²) in [6.45, 7) is 9.99. The van der Waals surface area contributed by atoms with Crippen molar-refractivity contribution in [3.63, 3.8) is 0 Å². The molecule has 4 aromatic rings. The Morgan fingerprint density at radius 3 is 2.00 bits per heavy atom. The molecule has 2 unspecified atom stereocenters. The first-order chi connectivity index (χ1) is 29.7. The third kappa shape index (κ3) is 11.5. The molecule has 62 heavy (non-hydrogen) atoms. The third-order valence-electron chi connectivity index (χ3n) is 10.1. The van der Waals surface area contributed by atoms with Crippen molar-refractivity contribution in [2.24, 2.45) is 0 Å². The average molecular weight is 875 g/mol. The molecule has 0 saturated carbocycles. The Hall–Kier alpha value is -5.40. The Morgan fingerprint density at radius 1 is 0.903 bits per heavy atom. The predicted octanol–water partition coefficient (Wildman–Crippen LogP) is 6.68. The van der Waals surface area contributed by atoms with E-state index in [1.54, 1.807) is 14.2 Å². The van der Waals surface area contributed by atoms with Crippen molar-refractivity contribution in [1.29, 1.82) is 5.26 Å². The molecule has 3 aromatic carbocycles. The lowest BCUT2D eigenvalue weighted by molar-refractivity contribution is -0.156. The molecule has 0 bridgehead atoms. The van der Waals surface area contributed by atoms with E-state index < -0.39 is 68.5 Å². The number of benzene rings is 3. The van der Waals surface area contributed by atoms with Gasteiger partial charge in [0.15, 0.2) is 6.10 Å². The molecule has 1 saturated heterocycles. The summed E-state index contributed by atoms with van der Waals surface area (Å²) in [7, 11) is 1.39. The van der Waals surface area contributed by atoms with Gasteiger partial charge < -0.3 is 37.5 Å². The summed E-state index contributed by atoms with van der Waals surface area (Å²) < 4.78 is 52.0. The van der Waals surface area contributed by atoms with Gasteiger partial charge in [-0.1, -0.05) is 54.6 Å². The van der Waals surface area contributed by atoms with Crippen LogP contribution in [0.5, 0.6) is 11.5 Å². The lowest BCUT2D eigenvalue weighted by Gasteiger charge is -2.39. The van der Waals surface area contributed by atoms with Crippen LogP contribution < -0.4 is 20.7 Å². The van der Waals surface area contributed by atoms with Gasteiger partial charge in [-0.3, -0.25) is 23.9 Å². The highest BCUT2D eigenvalue weighted by Crippen LogP contribution is 2.50. The van der Waals surface area contributed by atoms with Crippen LogP contribution in [0.4, 0.5) is 0 Å². The summed E-state index contributed by atoms with van der Waals surface area (Å²) in [5, 5.41) is 9.39. The van der Waals surface area contributed by atoms with E-state index in [4.69, 9.17) is 37.5 Å². The molecule has 0 amide bonds. The van der Waals surface area contributed by atoms with Crippen LogP contribution in [0.25, 0.3) is 0 Å². The number of hydrogen-bond donors (Lipinski definition) is 1. The minimum absolute atomic E-state index is 0.0216. The number of esters is 2. The number of aromatic nitrogens is 2. The molecule has 1 aromatic heterocycles. The van der Waals surface area contributed by atoms with Crippen molar-refractivity contribution in [1.82, 2.24) is 14.2 Å². The topological polar surface area (TPSA) is 190 Å². The van der Waals surface area contributed by atoms with Crippen molar-refractivity contribution in [3.8, 4) is 17.6 Å². The summed E-state index contributed by atoms with van der Waals surface area (Å²) in [5.41, 5.74) is -0.649. The van der Waals surface area contributed by atoms with Crippen LogP contribution in [-0.2, 0) is 43.2 Å². The monoisotopic (exact) mass is 874 g/mol. The summed E-state index contributed by atoms with van der Waals surface area (Å²) in [4.78, 5) is 53.0. The second kappa shape index (κ2) is 22.1. The molecular weight excluding hydrogens is 819 g/mol. The van der Waals surface area contributed by atoms with Gasteiger partial charge in [-0.15, -0.1) is 0 Å². The molecule has 0 spiro atoms. The second-order valence-electron chi connectivity index (χ2n) is 15.0. The number of aromatic amines is 1. The Labute approximate surface area is 362 Å². The number of carbonyl (C=O) groups excluding carboxylic acids is 2. The van der Waals surface area contributed by atoms with Crippen LogP contribution in [0.15, 0.2) is 94.6 Å². The summed E-state index contributed by atoms with van der Waals surface area (Å²) in [6.07, 6.45) is -2.55. The smallest absolute Gasteiger partial charge is 0.330 e. The second-order valence-corrected chi connectivity index (χ2v) is 16.4. The summed E-state index contributed by atoms with van der Waals surface area (Å²) in [6, 6.07) is 27.0. The van der Waals surface area contributed by atoms with E-state index in [1.807, 2.05) is 107 Å². The molecular formula is C45H55N4O12P. The fourth-order valence-electron chi connectivity index (χ4n) is 7.35. The summed E-state index contributed by atoms with van der Waals surface area (Å²) in [5.74, 6) is -0.0858. The predicted molar refractivity (Wildman–Crippen MR) is 229 cm³/mol. The van der Waals surface area contributed by atoms with Gasteiger partial charge in [0, 0.05) is 38.5 Å². The summed E-state index contributed by atoms with van der Waals surface area (Å²) >= 11 is 0. The molecule has 5 rings (SSSR count). The van der Waals surface area contributed by atoms with E-state index in [0.717, 1.165) is 23.6 Å². The van der Waals surface area contributed by atoms with Crippen molar-refractivity contribution in [3.05, 3.63) is 128 Å². The van der Waals surface area contributed by atoms with Crippen molar-refractivity contribution < 1.29 is 47.1 Å². The van der Waals surface area contributed by atoms with Gasteiger partial charge in [0.2, 0.25) is 0 Å². The van der Waals surface area contributed by atoms with E-state index in [9.17, 15) is 24.4 Å². The molecule has 16 nitrogen and oxygen atoms in total. The maximum atomic E-state index is 13.6. The highest BCUT2D eigenvalue weighted by atomic mass is 31.2. The first-order valence-corrected chi connectivity index (χ1v) is 21.4. The molecule has 17 heteroatoms. The van der Waals surface area contributed by atoms with E-state index in [2.05, 4.69) is 15.7 Å². The van der Waals surface area contributed by atoms with E-state index in [1.165, 1.54) is 17.7 Å². The number of hydrogen-bond acceptors (Lipinski definition) is 14. The van der Waals surface area contributed by atoms with E-state index in [0.29, 0.717) is 11.5 Å². The third-order valence-corrected chi connectivity index (χ3v) is 12.3. The number of carbonyl (C=O) groups is 2. The Balaban J connectivity index is 1.64. The quantitative estimate of drug-likeness (QED) is 0.0404. The number of H-pyrrole nitrogens is 1. The fourth-order valence-corrected chi connectivity index (χ4v) is 9.11. The molecule has 0 aliphatic carbocycles. The Bertz CT molecular complexity index is 2190. The maximum Gasteiger partial charge on any atom is 0.330 e. The number of ether oxygens (including phenoxy) is 6. The molecule has 1 N–H and O–H groups in total. The molecule has 332 valence electrons. The van der Waals surface area contributed by atoms with Gasteiger partial charge in [-0.25, -0.2) is 9.46 Å². The molecule has 2 heterocycles. The normalized spacial score (nSPS) is 17.4. The maximum absolute atomic E-state index is 13.6. The van der Waals surface area contributed by atoms with Crippen molar-refractivity contribution in [2.75, 3.05) is 34.0 Å². The van der Waals surface area contributed by atoms with Crippen LogP contribution in [-0.4, -0.2) is 84.5 Å². The molecule has 0 radical (unpaired) electrons. The number of nitrogens with one attached hydrogen (secondary N) is 1. The van der Waals surface area contributed by atoms with Gasteiger partial charge >= 0.3 is 17.6 Å². The largest absolute Gasteiger partial charge is 0.497 e. The minimum atomic E-state index is -1.80. The van der Waals surface area contributed by atoms with Crippen LogP contribution in [0.3, 0.4) is 0 Å². The first-order valence-electron chi connectivity index (χ1n) is 20.3. The van der Waals surface area contributed by atoms with Crippen molar-refractivity contribution >= 4 is 20.5 Å². The minimum Gasteiger partial charge on any atom is -0.497 e. The highest BCUT2D eigenvalue weighted by molar-refractivity contribution is 7.44. The van der Waals surface area contributed by atoms with Crippen LogP contribution in [0, 0.1) is 11.3 Å². The zero-order valence-corrected chi connectivity index (χ0v) is 37.2. The highest BCUT2D eigenvalue weighted by Gasteiger charge is 2.45. The standard InChI is InChI=1S/C45H55N4O12P/c1-29(2)49(30(3)4)62(58-24-12-23-46)61-39-25-42(48-26-38(43(52)47-44(48)53)40(59-32(6)51)27-56-31(5)50)60-41(39)28-57-45(33-13-10-9-11-14-33,34-15-19-36(54-7)20-16-34)35-17-21-37(55-8)22-18-35/h9-11,13-22,26,29-30,39-42H,12,24-25,27-28H2,1-8H3,(H,47,52,53)/t39-,40?,41+,42+,62?/m0/s1. The van der Waals surface area contributed by atoms with Gasteiger partial charge in [0.05, 0.1) is 51.6 Å². The number of methoxy groups -OCH3 is 2. The van der Waals surface area contributed by atoms with Crippen LogP contribution >= 0.6 is 8.53 Å². The fraction of sp³-hybridized carbons (Fsp3) is 0.444. The number of rotatable bonds is 21. The molecule has 1 fully saturated rings. The molecule has 1 aliphatic heterocycles. The van der Waals surface area contributed by atoms with Gasteiger partial charge in [-0.2, -0.15) is 5.26 Å². The molecule has 1 aliphatic rings. The van der Waals surface area contributed by atoms with E-state index >= 15 is 0 Å². The zero-order valence-electron chi connectivity index (χ0n) is 36.3. The zero-order chi connectivity index (χ0) is 45.0. The van der Waals surface area contributed by atoms with Gasteiger partial charge in [-0.05, 0) is 68.7 Å². The SMILES string of the molecule is COc1ccc(C(OC[C@H]2O[C@@H](n3cc(C(COC(C)=O)OC(C)=O)c(=O)[nH]c3=O)C[C@@H]2OP(OCCC#N)N(C(C)C)C(C)C)(c2ccccc2)c2ccc(OC)cc2)cc1. The van der Waals surface area contributed by atoms with Crippen LogP contribution in [0.2, 0.25) is 0 Å². The van der Waals surface area contributed by atoms with E-state index in [-0.39, 0.29) is 43.7 Å². The Kier molecular flexibility index (Phi) is 17.0.